The Morgan fingerprint density at radius 1 is 1.38 bits per heavy atom. The van der Waals surface area contributed by atoms with Crippen LogP contribution in [-0.2, 0) is 9.53 Å². The Morgan fingerprint density at radius 3 is 2.62 bits per heavy atom. The molecular weight excluding hydrogens is 204 g/mol. The minimum Gasteiger partial charge on any atom is -0.379 e. The zero-order chi connectivity index (χ0) is 11.8. The molecule has 1 aliphatic rings. The summed E-state index contributed by atoms with van der Waals surface area (Å²) >= 11 is 0. The first-order chi connectivity index (χ1) is 7.74. The Bertz CT molecular complexity index is 245. The number of allylic oxidation sites excluding steroid dienone is 1. The van der Waals surface area contributed by atoms with Crippen molar-refractivity contribution in [2.75, 3.05) is 32.8 Å². The highest BCUT2D eigenvalue weighted by Crippen LogP contribution is 2.08. The first-order valence-corrected chi connectivity index (χ1v) is 5.99. The Labute approximate surface area is 97.4 Å². The number of ether oxygens (including phenoxy) is 1. The smallest absolute Gasteiger partial charge is 0.244 e. The number of unbranched alkanes of at least 4 members (excludes halogenated alkanes) is 1. The lowest BCUT2D eigenvalue weighted by Crippen LogP contribution is -2.36. The molecule has 1 amide bonds. The first-order valence-electron chi connectivity index (χ1n) is 5.99. The second-order valence-corrected chi connectivity index (χ2v) is 4.09. The number of carbonyl (C=O) groups is 1. The predicted octanol–water partition coefficient (Wildman–Crippen LogP) is 0.921. The fourth-order valence-electron chi connectivity index (χ4n) is 1.89. The summed E-state index contributed by atoms with van der Waals surface area (Å²) in [7, 11) is 0. The third kappa shape index (κ3) is 4.77. The molecule has 1 aliphatic heterocycles. The maximum absolute atomic E-state index is 11.0. The van der Waals surface area contributed by atoms with Gasteiger partial charge in [0.2, 0.25) is 5.91 Å². The van der Waals surface area contributed by atoms with Crippen molar-refractivity contribution in [1.29, 1.82) is 0 Å². The van der Waals surface area contributed by atoms with Crippen molar-refractivity contribution in [2.24, 2.45) is 5.73 Å². The number of hydrogen-bond acceptors (Lipinski definition) is 3. The summed E-state index contributed by atoms with van der Waals surface area (Å²) in [5.41, 5.74) is 5.99. The van der Waals surface area contributed by atoms with Crippen molar-refractivity contribution >= 4 is 5.91 Å². The van der Waals surface area contributed by atoms with Crippen LogP contribution in [0.15, 0.2) is 11.6 Å². The van der Waals surface area contributed by atoms with Crippen LogP contribution in [0, 0.1) is 0 Å². The molecule has 0 aromatic rings. The van der Waals surface area contributed by atoms with Gasteiger partial charge in [0.1, 0.15) is 0 Å². The lowest BCUT2D eigenvalue weighted by Gasteiger charge is -2.26. The van der Waals surface area contributed by atoms with Crippen LogP contribution in [0.5, 0.6) is 0 Å². The van der Waals surface area contributed by atoms with E-state index in [0.717, 1.165) is 57.7 Å². The van der Waals surface area contributed by atoms with Gasteiger partial charge in [-0.3, -0.25) is 9.69 Å². The van der Waals surface area contributed by atoms with E-state index < -0.39 is 0 Å². The van der Waals surface area contributed by atoms with Crippen LogP contribution in [0.1, 0.15) is 26.2 Å². The Hall–Kier alpha value is -0.870. The molecule has 1 saturated heterocycles. The Kier molecular flexibility index (Phi) is 6.11. The molecule has 0 atom stereocenters. The highest BCUT2D eigenvalue weighted by atomic mass is 16.5. The minimum absolute atomic E-state index is 0.283. The van der Waals surface area contributed by atoms with Gasteiger partial charge in [0.05, 0.1) is 13.2 Å². The van der Waals surface area contributed by atoms with Crippen molar-refractivity contribution in [3.63, 3.8) is 0 Å². The molecule has 92 valence electrons. The fourth-order valence-corrected chi connectivity index (χ4v) is 1.89. The van der Waals surface area contributed by atoms with E-state index in [9.17, 15) is 4.79 Å². The molecule has 0 aliphatic carbocycles. The number of morpholine rings is 1. The van der Waals surface area contributed by atoms with Crippen LogP contribution in [0.2, 0.25) is 0 Å². The van der Waals surface area contributed by atoms with Crippen LogP contribution < -0.4 is 5.73 Å². The maximum Gasteiger partial charge on any atom is 0.244 e. The fraction of sp³-hybridized carbons (Fsp3) is 0.750. The molecule has 4 nitrogen and oxygen atoms in total. The molecular formula is C12H22N2O2. The largest absolute Gasteiger partial charge is 0.379 e. The summed E-state index contributed by atoms with van der Waals surface area (Å²) in [6.07, 6.45) is 4.76. The molecule has 2 N–H and O–H groups in total. The number of rotatable bonds is 6. The highest BCUT2D eigenvalue weighted by Gasteiger charge is 2.09. The van der Waals surface area contributed by atoms with Crippen LogP contribution in [0.3, 0.4) is 0 Å². The van der Waals surface area contributed by atoms with E-state index in [-0.39, 0.29) is 5.91 Å². The van der Waals surface area contributed by atoms with Gasteiger partial charge >= 0.3 is 0 Å². The van der Waals surface area contributed by atoms with Crippen molar-refractivity contribution in [2.45, 2.75) is 26.2 Å². The molecule has 0 radical (unpaired) electrons. The third-order valence-electron chi connectivity index (χ3n) is 2.94. The summed E-state index contributed by atoms with van der Waals surface area (Å²) in [6, 6.07) is 0. The summed E-state index contributed by atoms with van der Waals surface area (Å²) in [5, 5.41) is 0. The number of nitrogens with two attached hydrogens (primary N) is 1. The summed E-state index contributed by atoms with van der Waals surface area (Å²) in [5.74, 6) is -0.283. The quantitative estimate of drug-likeness (QED) is 0.541. The van der Waals surface area contributed by atoms with Gasteiger partial charge in [0.25, 0.3) is 0 Å². The summed E-state index contributed by atoms with van der Waals surface area (Å²) in [4.78, 5) is 13.4. The predicted molar refractivity (Wildman–Crippen MR) is 64.1 cm³/mol. The van der Waals surface area contributed by atoms with Crippen molar-refractivity contribution in [3.8, 4) is 0 Å². The van der Waals surface area contributed by atoms with E-state index in [2.05, 4.69) is 4.90 Å². The minimum atomic E-state index is -0.283. The van der Waals surface area contributed by atoms with E-state index in [1.165, 1.54) is 0 Å². The molecule has 0 aromatic carbocycles. The van der Waals surface area contributed by atoms with E-state index in [0.29, 0.717) is 0 Å². The Balaban J connectivity index is 2.08. The van der Waals surface area contributed by atoms with Gasteiger partial charge in [0.15, 0.2) is 0 Å². The molecule has 0 unspecified atom stereocenters. The number of nitrogens with zero attached hydrogens (tertiary/aromatic N) is 1. The van der Waals surface area contributed by atoms with Gasteiger partial charge in [-0.05, 0) is 32.7 Å². The van der Waals surface area contributed by atoms with E-state index in [1.54, 1.807) is 0 Å². The maximum atomic E-state index is 11.0. The number of amides is 1. The second kappa shape index (κ2) is 7.41. The van der Waals surface area contributed by atoms with Crippen molar-refractivity contribution in [3.05, 3.63) is 11.6 Å². The topological polar surface area (TPSA) is 55.6 Å². The van der Waals surface area contributed by atoms with Crippen molar-refractivity contribution in [1.82, 2.24) is 4.90 Å². The van der Waals surface area contributed by atoms with Gasteiger partial charge in [-0.1, -0.05) is 6.08 Å². The molecule has 16 heavy (non-hydrogen) atoms. The summed E-state index contributed by atoms with van der Waals surface area (Å²) < 4.78 is 5.28. The molecule has 0 aromatic heterocycles. The lowest BCUT2D eigenvalue weighted by atomic mass is 10.1. The molecule has 1 heterocycles. The molecule has 4 heteroatoms. The van der Waals surface area contributed by atoms with Gasteiger partial charge in [-0.25, -0.2) is 0 Å². The zero-order valence-corrected chi connectivity index (χ0v) is 10.1. The molecule has 0 bridgehead atoms. The van der Waals surface area contributed by atoms with E-state index >= 15 is 0 Å². The van der Waals surface area contributed by atoms with Crippen LogP contribution in [0.4, 0.5) is 0 Å². The molecule has 1 rings (SSSR count). The SMILES string of the molecule is CC=C(CCCCN1CCOCC1)C(N)=O. The van der Waals surface area contributed by atoms with Gasteiger partial charge in [-0.15, -0.1) is 0 Å². The molecule has 0 spiro atoms. The van der Waals surface area contributed by atoms with Gasteiger partial charge < -0.3 is 10.5 Å². The average Bonchev–Trinajstić information content (AvgIpc) is 2.30. The van der Waals surface area contributed by atoms with Gasteiger partial charge in [0, 0.05) is 18.7 Å². The van der Waals surface area contributed by atoms with Crippen molar-refractivity contribution < 1.29 is 9.53 Å². The third-order valence-corrected chi connectivity index (χ3v) is 2.94. The average molecular weight is 226 g/mol. The highest BCUT2D eigenvalue weighted by molar-refractivity contribution is 5.91. The number of primary amides is 1. The zero-order valence-electron chi connectivity index (χ0n) is 10.1. The first kappa shape index (κ1) is 13.2. The molecule has 0 saturated carbocycles. The number of carbonyl (C=O) groups excluding carboxylic acids is 1. The van der Waals surface area contributed by atoms with Crippen LogP contribution in [0.25, 0.3) is 0 Å². The molecule has 1 fully saturated rings. The normalized spacial score (nSPS) is 18.7. The van der Waals surface area contributed by atoms with Gasteiger partial charge in [-0.2, -0.15) is 0 Å². The standard InChI is InChI=1S/C12H22N2O2/c1-2-11(12(13)15)5-3-4-6-14-7-9-16-10-8-14/h2H,3-10H2,1H3,(H2,13,15). The Morgan fingerprint density at radius 2 is 2.06 bits per heavy atom. The van der Waals surface area contributed by atoms with Crippen LogP contribution >= 0.6 is 0 Å². The summed E-state index contributed by atoms with van der Waals surface area (Å²) in [6.45, 7) is 6.72. The lowest BCUT2D eigenvalue weighted by molar-refractivity contribution is -0.114. The van der Waals surface area contributed by atoms with Crippen LogP contribution in [-0.4, -0.2) is 43.7 Å². The second-order valence-electron chi connectivity index (χ2n) is 4.09. The van der Waals surface area contributed by atoms with E-state index in [4.69, 9.17) is 10.5 Å². The van der Waals surface area contributed by atoms with E-state index in [1.807, 2.05) is 13.0 Å². The number of hydrogen-bond donors (Lipinski definition) is 1. The monoisotopic (exact) mass is 226 g/mol.